The number of thioether (sulfide) groups is 1. The highest BCUT2D eigenvalue weighted by Gasteiger charge is 2.21. The van der Waals surface area contributed by atoms with Gasteiger partial charge in [0.05, 0.1) is 0 Å². The van der Waals surface area contributed by atoms with Crippen molar-refractivity contribution in [1.29, 1.82) is 0 Å². The molecule has 0 amide bonds. The summed E-state index contributed by atoms with van der Waals surface area (Å²) in [4.78, 5) is 13.0. The van der Waals surface area contributed by atoms with Crippen LogP contribution in [0.25, 0.3) is 0 Å². The van der Waals surface area contributed by atoms with Crippen molar-refractivity contribution in [3.8, 4) is 0 Å². The quantitative estimate of drug-likeness (QED) is 0.603. The predicted octanol–water partition coefficient (Wildman–Crippen LogP) is 3.23. The van der Waals surface area contributed by atoms with E-state index in [1.165, 1.54) is 0 Å². The third kappa shape index (κ3) is 1.50. The lowest BCUT2D eigenvalue weighted by molar-refractivity contribution is 0.103. The molecule has 0 unspecified atom stereocenters. The predicted molar refractivity (Wildman–Crippen MR) is 60.0 cm³/mol. The molecular weight excluding hydrogens is 192 g/mol. The van der Waals surface area contributed by atoms with Crippen molar-refractivity contribution in [2.45, 2.75) is 18.7 Å². The lowest BCUT2D eigenvalue weighted by Gasteiger charge is -2.16. The molecule has 0 bridgehead atoms. The third-order valence-electron chi connectivity index (χ3n) is 2.40. The average molecular weight is 204 g/mol. The van der Waals surface area contributed by atoms with E-state index in [4.69, 9.17) is 0 Å². The molecule has 1 nitrogen and oxygen atoms in total. The first-order valence-electron chi connectivity index (χ1n) is 4.65. The molecule has 72 valence electrons. The maximum Gasteiger partial charge on any atom is 0.190 e. The van der Waals surface area contributed by atoms with Crippen LogP contribution >= 0.6 is 11.8 Å². The molecule has 2 heteroatoms. The second-order valence-corrected chi connectivity index (χ2v) is 4.45. The molecule has 1 aliphatic heterocycles. The maximum absolute atomic E-state index is 11.9. The molecule has 0 aliphatic carbocycles. The van der Waals surface area contributed by atoms with Crippen LogP contribution < -0.4 is 0 Å². The van der Waals surface area contributed by atoms with E-state index >= 15 is 0 Å². The average Bonchev–Trinajstić information content (AvgIpc) is 2.20. The zero-order valence-electron chi connectivity index (χ0n) is 8.33. The minimum Gasteiger partial charge on any atom is -0.289 e. The van der Waals surface area contributed by atoms with Crippen LogP contribution in [0.1, 0.15) is 22.8 Å². The second-order valence-electron chi connectivity index (χ2n) is 3.43. The van der Waals surface area contributed by atoms with Crippen LogP contribution in [0, 0.1) is 6.92 Å². The summed E-state index contributed by atoms with van der Waals surface area (Å²) in [7, 11) is 0. The summed E-state index contributed by atoms with van der Waals surface area (Å²) in [6, 6.07) is 6.08. The monoisotopic (exact) mass is 204 g/mol. The number of hydrogen-bond acceptors (Lipinski definition) is 2. The standard InChI is InChI=1S/C12H12OS/c1-3-9-7-14-11-5-4-8(2)6-10(11)12(9)13/h3-6H,7H2,1-2H3/b9-3+. The van der Waals surface area contributed by atoms with Crippen LogP contribution in [-0.2, 0) is 0 Å². The van der Waals surface area contributed by atoms with Crippen molar-refractivity contribution in [3.05, 3.63) is 41.0 Å². The molecule has 1 aliphatic rings. The van der Waals surface area contributed by atoms with Gasteiger partial charge in [0.1, 0.15) is 0 Å². The van der Waals surface area contributed by atoms with Gasteiger partial charge in [-0.25, -0.2) is 0 Å². The second kappa shape index (κ2) is 3.62. The Morgan fingerprint density at radius 3 is 2.93 bits per heavy atom. The fourth-order valence-corrected chi connectivity index (χ4v) is 2.64. The SMILES string of the molecule is C/C=C1\CSc2ccc(C)cc2C1=O. The number of Topliss-reactive ketones (excluding diaryl/α,β-unsaturated/α-hetero) is 1. The fourth-order valence-electron chi connectivity index (χ4n) is 1.56. The zero-order valence-corrected chi connectivity index (χ0v) is 9.15. The van der Waals surface area contributed by atoms with Crippen molar-refractivity contribution < 1.29 is 4.79 Å². The Morgan fingerprint density at radius 2 is 2.21 bits per heavy atom. The van der Waals surface area contributed by atoms with Crippen molar-refractivity contribution in [1.82, 2.24) is 0 Å². The molecule has 1 aromatic rings. The minimum atomic E-state index is 0.199. The van der Waals surface area contributed by atoms with E-state index in [0.29, 0.717) is 0 Å². The highest BCUT2D eigenvalue weighted by Crippen LogP contribution is 2.32. The Bertz CT molecular complexity index is 418. The summed E-state index contributed by atoms with van der Waals surface area (Å²) < 4.78 is 0. The third-order valence-corrected chi connectivity index (χ3v) is 3.53. The van der Waals surface area contributed by atoms with Crippen LogP contribution in [-0.4, -0.2) is 11.5 Å². The van der Waals surface area contributed by atoms with Gasteiger partial charge in [0.15, 0.2) is 5.78 Å². The number of fused-ring (bicyclic) bond motifs is 1. The van der Waals surface area contributed by atoms with Crippen LogP contribution in [0.4, 0.5) is 0 Å². The van der Waals surface area contributed by atoms with Gasteiger partial charge in [-0.15, -0.1) is 11.8 Å². The molecule has 0 spiro atoms. The van der Waals surface area contributed by atoms with Gasteiger partial charge in [-0.05, 0) is 26.0 Å². The van der Waals surface area contributed by atoms with E-state index in [0.717, 1.165) is 27.3 Å². The fraction of sp³-hybridized carbons (Fsp3) is 0.250. The Labute approximate surface area is 88.2 Å². The summed E-state index contributed by atoms with van der Waals surface area (Å²) in [6.45, 7) is 3.94. The Morgan fingerprint density at radius 1 is 1.43 bits per heavy atom. The van der Waals surface area contributed by atoms with Crippen LogP contribution in [0.2, 0.25) is 0 Å². The number of ketones is 1. The van der Waals surface area contributed by atoms with Gasteiger partial charge in [-0.2, -0.15) is 0 Å². The van der Waals surface area contributed by atoms with E-state index in [-0.39, 0.29) is 5.78 Å². The summed E-state index contributed by atoms with van der Waals surface area (Å²) in [5, 5.41) is 0. The lowest BCUT2D eigenvalue weighted by atomic mass is 10.0. The van der Waals surface area contributed by atoms with Gasteiger partial charge in [0.25, 0.3) is 0 Å². The van der Waals surface area contributed by atoms with Crippen molar-refractivity contribution >= 4 is 17.5 Å². The summed E-state index contributed by atoms with van der Waals surface area (Å²) in [5.41, 5.74) is 2.94. The van der Waals surface area contributed by atoms with E-state index in [1.807, 2.05) is 32.1 Å². The number of allylic oxidation sites excluding steroid dienone is 1. The van der Waals surface area contributed by atoms with Crippen LogP contribution in [0.15, 0.2) is 34.7 Å². The lowest BCUT2D eigenvalue weighted by Crippen LogP contribution is -2.12. The molecule has 0 saturated heterocycles. The Kier molecular flexibility index (Phi) is 2.46. The van der Waals surface area contributed by atoms with Crippen molar-refractivity contribution in [2.75, 3.05) is 5.75 Å². The normalized spacial score (nSPS) is 18.4. The summed E-state index contributed by atoms with van der Waals surface area (Å²) in [6.07, 6.45) is 1.92. The number of benzene rings is 1. The smallest absolute Gasteiger partial charge is 0.190 e. The van der Waals surface area contributed by atoms with Gasteiger partial charge in [0.2, 0.25) is 0 Å². The van der Waals surface area contributed by atoms with Crippen LogP contribution in [0.5, 0.6) is 0 Å². The van der Waals surface area contributed by atoms with E-state index in [2.05, 4.69) is 6.07 Å². The first-order chi connectivity index (χ1) is 6.72. The van der Waals surface area contributed by atoms with Gasteiger partial charge in [-0.3, -0.25) is 4.79 Å². The van der Waals surface area contributed by atoms with Gasteiger partial charge in [-0.1, -0.05) is 17.7 Å². The molecule has 2 rings (SSSR count). The first kappa shape index (κ1) is 9.53. The molecule has 14 heavy (non-hydrogen) atoms. The van der Waals surface area contributed by atoms with Gasteiger partial charge in [0, 0.05) is 21.8 Å². The highest BCUT2D eigenvalue weighted by molar-refractivity contribution is 7.99. The van der Waals surface area contributed by atoms with E-state index < -0.39 is 0 Å². The Balaban J connectivity index is 2.54. The van der Waals surface area contributed by atoms with E-state index in [9.17, 15) is 4.79 Å². The molecule has 0 aromatic heterocycles. The molecule has 0 fully saturated rings. The van der Waals surface area contributed by atoms with Gasteiger partial charge >= 0.3 is 0 Å². The molecule has 0 N–H and O–H groups in total. The number of aryl methyl sites for hydroxylation is 1. The number of carbonyl (C=O) groups excluding carboxylic acids is 1. The van der Waals surface area contributed by atoms with Crippen molar-refractivity contribution in [3.63, 3.8) is 0 Å². The molecule has 0 radical (unpaired) electrons. The molecule has 0 atom stereocenters. The molecule has 0 saturated carbocycles. The molecule has 1 aromatic carbocycles. The van der Waals surface area contributed by atoms with Gasteiger partial charge < -0.3 is 0 Å². The largest absolute Gasteiger partial charge is 0.289 e. The minimum absolute atomic E-state index is 0.199. The summed E-state index contributed by atoms with van der Waals surface area (Å²) in [5.74, 6) is 1.01. The van der Waals surface area contributed by atoms with Crippen molar-refractivity contribution in [2.24, 2.45) is 0 Å². The topological polar surface area (TPSA) is 17.1 Å². The van der Waals surface area contributed by atoms with E-state index in [1.54, 1.807) is 11.8 Å². The zero-order chi connectivity index (χ0) is 10.1. The first-order valence-corrected chi connectivity index (χ1v) is 5.64. The number of hydrogen-bond donors (Lipinski definition) is 0. The Hall–Kier alpha value is -1.02. The number of carbonyl (C=O) groups is 1. The highest BCUT2D eigenvalue weighted by atomic mass is 32.2. The molecule has 1 heterocycles. The number of rotatable bonds is 0. The summed E-state index contributed by atoms with van der Waals surface area (Å²) >= 11 is 1.74. The maximum atomic E-state index is 11.9. The van der Waals surface area contributed by atoms with Crippen LogP contribution in [0.3, 0.4) is 0 Å². The molecular formula is C12H12OS.